The molecule has 0 bridgehead atoms. The van der Waals surface area contributed by atoms with Crippen molar-refractivity contribution < 1.29 is 24.3 Å². The van der Waals surface area contributed by atoms with Crippen molar-refractivity contribution in [3.8, 4) is 0 Å². The SMILES string of the molecule is CC(=O)C1=CN2C(=O)C(N(C(C)=O)c3cccs3)[C@H]2SC1C(=O)O. The number of β-lactam (4-membered cyclic amide) rings is 1. The first-order valence-electron chi connectivity index (χ1n) is 7.09. The zero-order valence-corrected chi connectivity index (χ0v) is 14.5. The Morgan fingerprint density at radius 2 is 2.00 bits per heavy atom. The van der Waals surface area contributed by atoms with Crippen LogP contribution in [-0.2, 0) is 19.2 Å². The van der Waals surface area contributed by atoms with E-state index in [2.05, 4.69) is 0 Å². The van der Waals surface area contributed by atoms with Gasteiger partial charge in [0, 0.05) is 18.7 Å². The molecule has 126 valence electrons. The summed E-state index contributed by atoms with van der Waals surface area (Å²) in [6.07, 6.45) is 1.31. The van der Waals surface area contributed by atoms with Gasteiger partial charge in [-0.25, -0.2) is 0 Å². The summed E-state index contributed by atoms with van der Waals surface area (Å²) in [5.74, 6) is -2.13. The molecule has 0 saturated carbocycles. The highest BCUT2D eigenvalue weighted by Crippen LogP contribution is 2.44. The van der Waals surface area contributed by atoms with Gasteiger partial charge in [0.25, 0.3) is 5.91 Å². The number of thioether (sulfide) groups is 1. The van der Waals surface area contributed by atoms with Crippen molar-refractivity contribution >= 4 is 51.7 Å². The molecule has 1 aromatic rings. The van der Waals surface area contributed by atoms with Gasteiger partial charge in [0.15, 0.2) is 5.78 Å². The molecule has 9 heteroatoms. The average Bonchev–Trinajstić information content (AvgIpc) is 3.03. The van der Waals surface area contributed by atoms with E-state index in [9.17, 15) is 24.3 Å². The zero-order valence-electron chi connectivity index (χ0n) is 12.8. The molecule has 1 aromatic heterocycles. The highest BCUT2D eigenvalue weighted by Gasteiger charge is 2.56. The molecule has 3 heterocycles. The van der Waals surface area contributed by atoms with Crippen LogP contribution in [0.3, 0.4) is 0 Å². The number of carbonyl (C=O) groups is 4. The minimum Gasteiger partial charge on any atom is -0.480 e. The van der Waals surface area contributed by atoms with Gasteiger partial charge in [0.1, 0.15) is 16.7 Å². The molecule has 3 atom stereocenters. The number of thiophene rings is 1. The first kappa shape index (κ1) is 16.7. The molecular weight excluding hydrogens is 352 g/mol. The first-order valence-corrected chi connectivity index (χ1v) is 8.91. The minimum absolute atomic E-state index is 0.0843. The Morgan fingerprint density at radius 1 is 1.29 bits per heavy atom. The number of hydrogen-bond acceptors (Lipinski definition) is 6. The molecule has 0 aromatic carbocycles. The van der Waals surface area contributed by atoms with Crippen LogP contribution in [0.2, 0.25) is 0 Å². The second-order valence-corrected chi connectivity index (χ2v) is 7.57. The van der Waals surface area contributed by atoms with Gasteiger partial charge in [-0.2, -0.15) is 0 Å². The monoisotopic (exact) mass is 366 g/mol. The summed E-state index contributed by atoms with van der Waals surface area (Å²) in [7, 11) is 0. The van der Waals surface area contributed by atoms with Crippen molar-refractivity contribution in [2.24, 2.45) is 0 Å². The van der Waals surface area contributed by atoms with Crippen molar-refractivity contribution in [2.45, 2.75) is 30.5 Å². The summed E-state index contributed by atoms with van der Waals surface area (Å²) in [5.41, 5.74) is 0.0843. The molecule has 0 radical (unpaired) electrons. The number of carboxylic acids is 1. The van der Waals surface area contributed by atoms with Gasteiger partial charge in [-0.1, -0.05) is 0 Å². The molecule has 7 nitrogen and oxygen atoms in total. The summed E-state index contributed by atoms with van der Waals surface area (Å²) in [5, 5.41) is 10.2. The summed E-state index contributed by atoms with van der Waals surface area (Å²) in [4.78, 5) is 50.4. The molecule has 2 aliphatic rings. The Labute approximate surface area is 145 Å². The zero-order chi connectivity index (χ0) is 17.6. The summed E-state index contributed by atoms with van der Waals surface area (Å²) >= 11 is 2.34. The van der Waals surface area contributed by atoms with Crippen LogP contribution in [0.4, 0.5) is 5.00 Å². The smallest absolute Gasteiger partial charge is 0.321 e. The van der Waals surface area contributed by atoms with Gasteiger partial charge in [-0.15, -0.1) is 23.1 Å². The third kappa shape index (κ3) is 2.53. The second-order valence-electron chi connectivity index (χ2n) is 5.42. The highest BCUT2D eigenvalue weighted by molar-refractivity contribution is 8.01. The predicted molar refractivity (Wildman–Crippen MR) is 89.7 cm³/mol. The van der Waals surface area contributed by atoms with Crippen molar-refractivity contribution in [1.29, 1.82) is 0 Å². The fraction of sp³-hybridized carbons (Fsp3) is 0.333. The highest BCUT2D eigenvalue weighted by atomic mass is 32.2. The van der Waals surface area contributed by atoms with Crippen LogP contribution in [0.25, 0.3) is 0 Å². The average molecular weight is 366 g/mol. The Hall–Kier alpha value is -2.13. The van der Waals surface area contributed by atoms with E-state index in [4.69, 9.17) is 0 Å². The van der Waals surface area contributed by atoms with Gasteiger partial charge in [-0.3, -0.25) is 24.1 Å². The van der Waals surface area contributed by atoms with Gasteiger partial charge >= 0.3 is 5.97 Å². The van der Waals surface area contributed by atoms with E-state index in [1.807, 2.05) is 0 Å². The number of ketones is 1. The third-order valence-electron chi connectivity index (χ3n) is 3.88. The molecule has 24 heavy (non-hydrogen) atoms. The number of amides is 2. The Kier molecular flexibility index (Phi) is 4.22. The van der Waals surface area contributed by atoms with Crippen molar-refractivity contribution in [1.82, 2.24) is 4.90 Å². The number of fused-ring (bicyclic) bond motifs is 1. The van der Waals surface area contributed by atoms with Crippen LogP contribution < -0.4 is 4.90 Å². The molecule has 2 amide bonds. The van der Waals surface area contributed by atoms with Gasteiger partial charge in [0.2, 0.25) is 5.91 Å². The minimum atomic E-state index is -1.13. The van der Waals surface area contributed by atoms with Crippen LogP contribution in [0.15, 0.2) is 29.3 Å². The molecule has 0 spiro atoms. The van der Waals surface area contributed by atoms with Crippen molar-refractivity contribution in [3.05, 3.63) is 29.3 Å². The fourth-order valence-corrected chi connectivity index (χ4v) is 5.04. The fourth-order valence-electron chi connectivity index (χ4n) is 2.78. The number of carboxylic acid groups (broad SMARTS) is 1. The van der Waals surface area contributed by atoms with Crippen LogP contribution in [0, 0.1) is 0 Å². The number of aliphatic carboxylic acids is 1. The maximum atomic E-state index is 12.5. The number of carbonyl (C=O) groups excluding carboxylic acids is 3. The van der Waals surface area contributed by atoms with E-state index in [1.165, 1.54) is 41.2 Å². The quantitative estimate of drug-likeness (QED) is 0.808. The maximum Gasteiger partial charge on any atom is 0.321 e. The van der Waals surface area contributed by atoms with Crippen LogP contribution >= 0.6 is 23.1 Å². The van der Waals surface area contributed by atoms with Crippen LogP contribution in [0.5, 0.6) is 0 Å². The standard InChI is InChI=1S/C15H14N2O5S2/c1-7(18)9-6-16-13(20)11(14(16)24-12(9)15(21)22)17(8(2)19)10-4-3-5-23-10/h3-6,11-12,14H,1-2H3,(H,21,22)/t11?,12?,14-/m1/s1. The van der Waals surface area contributed by atoms with E-state index in [0.29, 0.717) is 5.00 Å². The number of anilines is 1. The number of hydrogen-bond donors (Lipinski definition) is 1. The number of nitrogens with zero attached hydrogens (tertiary/aromatic N) is 2. The predicted octanol–water partition coefficient (Wildman–Crippen LogP) is 1.31. The molecule has 2 unspecified atom stereocenters. The van der Waals surface area contributed by atoms with E-state index in [0.717, 1.165) is 11.8 Å². The van der Waals surface area contributed by atoms with Crippen LogP contribution in [-0.4, -0.2) is 50.2 Å². The lowest BCUT2D eigenvalue weighted by atomic mass is 10.0. The number of Topliss-reactive ketones (excluding diaryl/α,β-unsaturated/α-hetero) is 1. The lowest BCUT2D eigenvalue weighted by Gasteiger charge is -2.51. The van der Waals surface area contributed by atoms with Gasteiger partial charge in [0.05, 0.1) is 5.00 Å². The van der Waals surface area contributed by atoms with E-state index >= 15 is 0 Å². The van der Waals surface area contributed by atoms with E-state index in [1.54, 1.807) is 17.5 Å². The van der Waals surface area contributed by atoms with E-state index < -0.39 is 22.6 Å². The summed E-state index contributed by atoms with van der Waals surface area (Å²) in [6.45, 7) is 2.65. The van der Waals surface area contributed by atoms with Crippen LogP contribution in [0.1, 0.15) is 13.8 Å². The first-order chi connectivity index (χ1) is 11.3. The lowest BCUT2D eigenvalue weighted by Crippen LogP contribution is -2.70. The van der Waals surface area contributed by atoms with Gasteiger partial charge < -0.3 is 10.0 Å². The van der Waals surface area contributed by atoms with E-state index in [-0.39, 0.29) is 23.2 Å². The molecule has 1 N–H and O–H groups in total. The summed E-state index contributed by atoms with van der Waals surface area (Å²) < 4.78 is 0. The molecule has 1 fully saturated rings. The Bertz CT molecular complexity index is 758. The number of rotatable bonds is 4. The second kappa shape index (κ2) is 6.06. The molecule has 1 saturated heterocycles. The molecule has 0 aliphatic carbocycles. The summed E-state index contributed by atoms with van der Waals surface area (Å²) in [6, 6.07) is 2.75. The largest absolute Gasteiger partial charge is 0.480 e. The molecule has 2 aliphatic heterocycles. The third-order valence-corrected chi connectivity index (χ3v) is 6.24. The Balaban J connectivity index is 1.95. The lowest BCUT2D eigenvalue weighted by molar-refractivity contribution is -0.143. The molecule has 3 rings (SSSR count). The van der Waals surface area contributed by atoms with Gasteiger partial charge in [-0.05, 0) is 24.4 Å². The van der Waals surface area contributed by atoms with Crippen molar-refractivity contribution in [2.75, 3.05) is 4.90 Å². The Morgan fingerprint density at radius 3 is 2.50 bits per heavy atom. The normalized spacial score (nSPS) is 25.4. The maximum absolute atomic E-state index is 12.5. The van der Waals surface area contributed by atoms with Crippen molar-refractivity contribution in [3.63, 3.8) is 0 Å². The topological polar surface area (TPSA) is 95.0 Å². The molecular formula is C15H14N2O5S2.